The van der Waals surface area contributed by atoms with Gasteiger partial charge in [-0.3, -0.25) is 9.59 Å². The van der Waals surface area contributed by atoms with Gasteiger partial charge in [0.1, 0.15) is 11.3 Å². The average molecular weight is 232 g/mol. The summed E-state index contributed by atoms with van der Waals surface area (Å²) in [5.74, 6) is -1.37. The van der Waals surface area contributed by atoms with E-state index in [1.54, 1.807) is 12.1 Å². The number of carbonyl (C=O) groups excluding carboxylic acids is 2. The molecule has 0 atom stereocenters. The third-order valence-electron chi connectivity index (χ3n) is 2.47. The molecule has 1 heterocycles. The van der Waals surface area contributed by atoms with Crippen LogP contribution < -0.4 is 10.6 Å². The fourth-order valence-corrected chi connectivity index (χ4v) is 1.54. The molecule has 0 fully saturated rings. The Hall–Kier alpha value is -2.30. The molecule has 5 heteroatoms. The lowest BCUT2D eigenvalue weighted by molar-refractivity contribution is -0.120. The molecule has 5 nitrogen and oxygen atoms in total. The Kier molecular flexibility index (Phi) is 2.82. The standard InChI is InChI=1S/C12H12N2O3/c1-7-2-4-8(5-3-7)14-12(17)10-9(15)6-13-11(10)16/h2-5,15H,6H2,1H3,(H,13,16)(H,14,17). The van der Waals surface area contributed by atoms with Crippen molar-refractivity contribution in [2.45, 2.75) is 6.92 Å². The van der Waals surface area contributed by atoms with Crippen molar-refractivity contribution in [2.24, 2.45) is 0 Å². The Morgan fingerprint density at radius 2 is 2.00 bits per heavy atom. The summed E-state index contributed by atoms with van der Waals surface area (Å²) < 4.78 is 0. The molecule has 2 rings (SSSR count). The molecule has 1 aliphatic rings. The zero-order valence-corrected chi connectivity index (χ0v) is 9.28. The molecule has 0 aliphatic carbocycles. The molecule has 0 radical (unpaired) electrons. The molecule has 0 bridgehead atoms. The van der Waals surface area contributed by atoms with Crippen LogP contribution in [0.25, 0.3) is 0 Å². The van der Waals surface area contributed by atoms with Gasteiger partial charge in [-0.05, 0) is 19.1 Å². The molecule has 1 aliphatic heterocycles. The first-order valence-electron chi connectivity index (χ1n) is 5.16. The van der Waals surface area contributed by atoms with Crippen molar-refractivity contribution in [1.82, 2.24) is 5.32 Å². The van der Waals surface area contributed by atoms with Crippen LogP contribution in [0, 0.1) is 6.92 Å². The first-order valence-corrected chi connectivity index (χ1v) is 5.16. The maximum absolute atomic E-state index is 11.7. The van der Waals surface area contributed by atoms with Crippen molar-refractivity contribution < 1.29 is 14.7 Å². The van der Waals surface area contributed by atoms with Crippen LogP contribution in [0.1, 0.15) is 5.56 Å². The third-order valence-corrected chi connectivity index (χ3v) is 2.47. The molecule has 3 N–H and O–H groups in total. The fourth-order valence-electron chi connectivity index (χ4n) is 1.54. The van der Waals surface area contributed by atoms with Crippen LogP contribution in [0.2, 0.25) is 0 Å². The number of anilines is 1. The second kappa shape index (κ2) is 4.29. The van der Waals surface area contributed by atoms with Crippen molar-refractivity contribution in [2.75, 3.05) is 11.9 Å². The molecule has 0 saturated heterocycles. The molecule has 1 aromatic rings. The van der Waals surface area contributed by atoms with Gasteiger partial charge in [0, 0.05) is 5.69 Å². The van der Waals surface area contributed by atoms with E-state index in [0.29, 0.717) is 5.69 Å². The maximum atomic E-state index is 11.7. The van der Waals surface area contributed by atoms with Gasteiger partial charge in [-0.15, -0.1) is 0 Å². The SMILES string of the molecule is Cc1ccc(NC(=O)C2=C(O)CNC2=O)cc1. The molecule has 88 valence electrons. The maximum Gasteiger partial charge on any atom is 0.264 e. The summed E-state index contributed by atoms with van der Waals surface area (Å²) in [5, 5.41) is 14.3. The topological polar surface area (TPSA) is 78.4 Å². The van der Waals surface area contributed by atoms with Gasteiger partial charge < -0.3 is 15.7 Å². The zero-order chi connectivity index (χ0) is 12.4. The lowest BCUT2D eigenvalue weighted by Crippen LogP contribution is -2.24. The summed E-state index contributed by atoms with van der Waals surface area (Å²) in [6.45, 7) is 1.94. The Morgan fingerprint density at radius 1 is 1.35 bits per heavy atom. The van der Waals surface area contributed by atoms with Gasteiger partial charge in [0.2, 0.25) is 0 Å². The van der Waals surface area contributed by atoms with Crippen LogP contribution in [0.3, 0.4) is 0 Å². The van der Waals surface area contributed by atoms with Gasteiger partial charge >= 0.3 is 0 Å². The van der Waals surface area contributed by atoms with Gasteiger partial charge in [-0.25, -0.2) is 0 Å². The highest BCUT2D eigenvalue weighted by atomic mass is 16.3. The molecule has 0 spiro atoms. The van der Waals surface area contributed by atoms with Crippen molar-refractivity contribution in [1.29, 1.82) is 0 Å². The van der Waals surface area contributed by atoms with Crippen LogP contribution in [0.15, 0.2) is 35.6 Å². The van der Waals surface area contributed by atoms with Gasteiger partial charge in [0.15, 0.2) is 0 Å². The van der Waals surface area contributed by atoms with E-state index in [4.69, 9.17) is 0 Å². The molecular formula is C12H12N2O3. The second-order valence-corrected chi connectivity index (χ2v) is 3.82. The molecular weight excluding hydrogens is 220 g/mol. The van der Waals surface area contributed by atoms with Crippen LogP contribution in [0.4, 0.5) is 5.69 Å². The number of carbonyl (C=O) groups is 2. The molecule has 0 saturated carbocycles. The highest BCUT2D eigenvalue weighted by Gasteiger charge is 2.28. The van der Waals surface area contributed by atoms with E-state index in [0.717, 1.165) is 5.56 Å². The quantitative estimate of drug-likeness (QED) is 0.662. The largest absolute Gasteiger partial charge is 0.509 e. The lowest BCUT2D eigenvalue weighted by Gasteiger charge is -2.05. The normalized spacial score (nSPS) is 14.8. The molecule has 2 amide bonds. The lowest BCUT2D eigenvalue weighted by atomic mass is 10.2. The number of hydrogen-bond acceptors (Lipinski definition) is 3. The molecule has 0 unspecified atom stereocenters. The predicted octanol–water partition coefficient (Wildman–Crippen LogP) is 0.875. The van der Waals surface area contributed by atoms with E-state index >= 15 is 0 Å². The third kappa shape index (κ3) is 2.28. The minimum absolute atomic E-state index is 0.00941. The highest BCUT2D eigenvalue weighted by Crippen LogP contribution is 2.13. The number of aliphatic hydroxyl groups is 1. The van der Waals surface area contributed by atoms with Crippen molar-refractivity contribution >= 4 is 17.5 Å². The monoisotopic (exact) mass is 232 g/mol. The Labute approximate surface area is 98.1 Å². The van der Waals surface area contributed by atoms with E-state index in [9.17, 15) is 14.7 Å². The van der Waals surface area contributed by atoms with E-state index in [-0.39, 0.29) is 17.9 Å². The average Bonchev–Trinajstić information content (AvgIpc) is 2.62. The van der Waals surface area contributed by atoms with E-state index in [1.807, 2.05) is 19.1 Å². The predicted molar refractivity (Wildman–Crippen MR) is 62.5 cm³/mol. The summed E-state index contributed by atoms with van der Waals surface area (Å²) in [6.07, 6.45) is 0. The highest BCUT2D eigenvalue weighted by molar-refractivity contribution is 6.24. The Morgan fingerprint density at radius 3 is 2.53 bits per heavy atom. The number of aliphatic hydroxyl groups excluding tert-OH is 1. The van der Waals surface area contributed by atoms with Crippen molar-refractivity contribution in [3.63, 3.8) is 0 Å². The zero-order valence-electron chi connectivity index (χ0n) is 9.28. The first-order chi connectivity index (χ1) is 8.08. The number of nitrogens with one attached hydrogen (secondary N) is 2. The van der Waals surface area contributed by atoms with E-state index in [1.165, 1.54) is 0 Å². The van der Waals surface area contributed by atoms with Crippen molar-refractivity contribution in [3.05, 3.63) is 41.2 Å². The van der Waals surface area contributed by atoms with Crippen molar-refractivity contribution in [3.8, 4) is 0 Å². The summed E-state index contributed by atoms with van der Waals surface area (Å²) in [5.41, 5.74) is 1.44. The molecule has 1 aromatic carbocycles. The van der Waals surface area contributed by atoms with Gasteiger partial charge in [-0.2, -0.15) is 0 Å². The van der Waals surface area contributed by atoms with Gasteiger partial charge in [0.25, 0.3) is 11.8 Å². The van der Waals surface area contributed by atoms with Crippen LogP contribution >= 0.6 is 0 Å². The van der Waals surface area contributed by atoms with Crippen LogP contribution in [-0.2, 0) is 9.59 Å². The van der Waals surface area contributed by atoms with Gasteiger partial charge in [-0.1, -0.05) is 17.7 Å². The second-order valence-electron chi connectivity index (χ2n) is 3.82. The summed E-state index contributed by atoms with van der Waals surface area (Å²) in [7, 11) is 0. The van der Waals surface area contributed by atoms with Gasteiger partial charge in [0.05, 0.1) is 6.54 Å². The summed E-state index contributed by atoms with van der Waals surface area (Å²) in [4.78, 5) is 23.0. The number of amides is 2. The van der Waals surface area contributed by atoms with E-state index < -0.39 is 11.8 Å². The van der Waals surface area contributed by atoms with Crippen LogP contribution in [-0.4, -0.2) is 23.5 Å². The first kappa shape index (κ1) is 11.2. The van der Waals surface area contributed by atoms with E-state index in [2.05, 4.69) is 10.6 Å². The number of hydrogen-bond donors (Lipinski definition) is 3. The summed E-state index contributed by atoms with van der Waals surface area (Å²) in [6, 6.07) is 7.16. The smallest absolute Gasteiger partial charge is 0.264 e. The fraction of sp³-hybridized carbons (Fsp3) is 0.167. The number of benzene rings is 1. The number of rotatable bonds is 2. The number of aryl methyl sites for hydroxylation is 1. The Balaban J connectivity index is 2.15. The summed E-state index contributed by atoms with van der Waals surface area (Å²) >= 11 is 0. The Bertz CT molecular complexity index is 503. The minimum atomic E-state index is -0.596. The minimum Gasteiger partial charge on any atom is -0.509 e. The van der Waals surface area contributed by atoms with Crippen LogP contribution in [0.5, 0.6) is 0 Å². The molecule has 17 heavy (non-hydrogen) atoms. The molecule has 0 aromatic heterocycles.